The summed E-state index contributed by atoms with van der Waals surface area (Å²) >= 11 is 0. The second-order valence-electron chi connectivity index (χ2n) is 6.03. The number of carbonyl (C=O) groups excluding carboxylic acids is 1. The molecule has 0 fully saturated rings. The minimum Gasteiger partial charge on any atom is -0.496 e. The van der Waals surface area contributed by atoms with Gasteiger partial charge in [0.15, 0.2) is 11.5 Å². The van der Waals surface area contributed by atoms with Gasteiger partial charge in [-0.15, -0.1) is 0 Å². The molecule has 0 saturated heterocycles. The van der Waals surface area contributed by atoms with Gasteiger partial charge in [-0.25, -0.2) is 0 Å². The minimum absolute atomic E-state index is 0.0208. The second kappa shape index (κ2) is 9.10. The molecule has 2 aromatic carbocycles. The lowest BCUT2D eigenvalue weighted by molar-refractivity contribution is -0.121. The molecular formula is C20H24N2O4. The average molecular weight is 356 g/mol. The van der Waals surface area contributed by atoms with Gasteiger partial charge in [-0.3, -0.25) is 4.79 Å². The van der Waals surface area contributed by atoms with Crippen molar-refractivity contribution in [1.82, 2.24) is 10.6 Å². The van der Waals surface area contributed by atoms with Crippen molar-refractivity contribution in [3.05, 3.63) is 53.6 Å². The fourth-order valence-electron chi connectivity index (χ4n) is 2.80. The number of ether oxygens (including phenoxy) is 3. The van der Waals surface area contributed by atoms with E-state index in [1.807, 2.05) is 36.4 Å². The van der Waals surface area contributed by atoms with E-state index in [9.17, 15) is 4.79 Å². The number of rotatable bonds is 9. The van der Waals surface area contributed by atoms with Crippen LogP contribution >= 0.6 is 0 Å². The molecule has 1 heterocycles. The first-order valence-corrected chi connectivity index (χ1v) is 8.74. The lowest BCUT2D eigenvalue weighted by Gasteiger charge is -2.09. The van der Waals surface area contributed by atoms with Crippen LogP contribution in [0.15, 0.2) is 42.5 Å². The molecule has 0 bridgehead atoms. The summed E-state index contributed by atoms with van der Waals surface area (Å²) in [4.78, 5) is 12.0. The Morgan fingerprint density at radius 1 is 1.12 bits per heavy atom. The van der Waals surface area contributed by atoms with E-state index in [1.165, 1.54) is 0 Å². The van der Waals surface area contributed by atoms with Gasteiger partial charge in [0.05, 0.1) is 7.11 Å². The number of hydrogen-bond acceptors (Lipinski definition) is 5. The van der Waals surface area contributed by atoms with Gasteiger partial charge >= 0.3 is 0 Å². The van der Waals surface area contributed by atoms with E-state index >= 15 is 0 Å². The minimum atomic E-state index is 0.0208. The van der Waals surface area contributed by atoms with Crippen LogP contribution in [0, 0.1) is 0 Å². The van der Waals surface area contributed by atoms with Gasteiger partial charge < -0.3 is 24.8 Å². The highest BCUT2D eigenvalue weighted by atomic mass is 16.7. The molecule has 0 aliphatic carbocycles. The van der Waals surface area contributed by atoms with E-state index in [-0.39, 0.29) is 12.7 Å². The summed E-state index contributed by atoms with van der Waals surface area (Å²) in [5.41, 5.74) is 2.15. The first-order chi connectivity index (χ1) is 12.8. The third-order valence-corrected chi connectivity index (χ3v) is 4.22. The molecular weight excluding hydrogens is 332 g/mol. The lowest BCUT2D eigenvalue weighted by atomic mass is 10.1. The molecule has 0 spiro atoms. The molecule has 2 aromatic rings. The maximum absolute atomic E-state index is 12.0. The fourth-order valence-corrected chi connectivity index (χ4v) is 2.80. The van der Waals surface area contributed by atoms with Gasteiger partial charge in [0, 0.05) is 19.5 Å². The fraction of sp³-hybridized carbons (Fsp3) is 0.350. The summed E-state index contributed by atoms with van der Waals surface area (Å²) in [6.45, 7) is 2.18. The van der Waals surface area contributed by atoms with Crippen LogP contribution in [0.4, 0.5) is 0 Å². The van der Waals surface area contributed by atoms with Crippen LogP contribution < -0.4 is 24.8 Å². The monoisotopic (exact) mass is 356 g/mol. The number of benzene rings is 2. The smallest absolute Gasteiger partial charge is 0.231 e. The zero-order valence-electron chi connectivity index (χ0n) is 14.9. The van der Waals surface area contributed by atoms with Crippen LogP contribution in [0.3, 0.4) is 0 Å². The number of methoxy groups -OCH3 is 1. The molecule has 1 amide bonds. The van der Waals surface area contributed by atoms with Gasteiger partial charge in [0.1, 0.15) is 5.75 Å². The van der Waals surface area contributed by atoms with Crippen LogP contribution in [0.1, 0.15) is 17.5 Å². The SMILES string of the molecule is COc1ccccc1CCNCCC(=O)NCc1ccc2c(c1)OCO2. The first kappa shape index (κ1) is 18.1. The Morgan fingerprint density at radius 2 is 1.96 bits per heavy atom. The largest absolute Gasteiger partial charge is 0.496 e. The molecule has 26 heavy (non-hydrogen) atoms. The zero-order valence-corrected chi connectivity index (χ0v) is 14.9. The van der Waals surface area contributed by atoms with Crippen molar-refractivity contribution in [2.75, 3.05) is 27.0 Å². The molecule has 0 radical (unpaired) electrons. The van der Waals surface area contributed by atoms with E-state index in [0.717, 1.165) is 41.3 Å². The normalized spacial score (nSPS) is 12.0. The Morgan fingerprint density at radius 3 is 2.85 bits per heavy atom. The predicted molar refractivity (Wildman–Crippen MR) is 98.6 cm³/mol. The van der Waals surface area contributed by atoms with Crippen molar-refractivity contribution in [1.29, 1.82) is 0 Å². The molecule has 1 aliphatic heterocycles. The van der Waals surface area contributed by atoms with Gasteiger partial charge in [0.25, 0.3) is 0 Å². The quantitative estimate of drug-likeness (QED) is 0.675. The standard InChI is InChI=1S/C20H24N2O4/c1-24-17-5-3-2-4-16(17)8-10-21-11-9-20(23)22-13-15-6-7-18-19(12-15)26-14-25-18/h2-7,12,21H,8-11,13-14H2,1H3,(H,22,23). The van der Waals surface area contributed by atoms with Gasteiger partial charge in [-0.2, -0.15) is 0 Å². The van der Waals surface area contributed by atoms with E-state index in [4.69, 9.17) is 14.2 Å². The number of amides is 1. The molecule has 3 rings (SSSR count). The summed E-state index contributed by atoms with van der Waals surface area (Å²) in [5, 5.41) is 6.22. The van der Waals surface area contributed by atoms with Crippen molar-refractivity contribution in [2.24, 2.45) is 0 Å². The van der Waals surface area contributed by atoms with Crippen LogP contribution in [-0.4, -0.2) is 32.9 Å². The van der Waals surface area contributed by atoms with Crippen molar-refractivity contribution in [3.63, 3.8) is 0 Å². The molecule has 138 valence electrons. The Hall–Kier alpha value is -2.73. The van der Waals surface area contributed by atoms with E-state index in [2.05, 4.69) is 16.7 Å². The Kier molecular flexibility index (Phi) is 6.33. The molecule has 6 heteroatoms. The number of fused-ring (bicyclic) bond motifs is 1. The van der Waals surface area contributed by atoms with Crippen LogP contribution in [0.5, 0.6) is 17.2 Å². The zero-order chi connectivity index (χ0) is 18.2. The molecule has 0 aromatic heterocycles. The number of hydrogen-bond donors (Lipinski definition) is 2. The summed E-state index contributed by atoms with van der Waals surface area (Å²) in [6.07, 6.45) is 1.30. The third-order valence-electron chi connectivity index (χ3n) is 4.22. The third kappa shape index (κ3) is 4.89. The average Bonchev–Trinajstić information content (AvgIpc) is 3.14. The molecule has 2 N–H and O–H groups in total. The highest BCUT2D eigenvalue weighted by Crippen LogP contribution is 2.32. The number of nitrogens with one attached hydrogen (secondary N) is 2. The van der Waals surface area contributed by atoms with Crippen LogP contribution in [-0.2, 0) is 17.8 Å². The Balaban J connectivity index is 1.32. The van der Waals surface area contributed by atoms with E-state index in [0.29, 0.717) is 19.5 Å². The van der Waals surface area contributed by atoms with E-state index < -0.39 is 0 Å². The molecule has 0 saturated carbocycles. The highest BCUT2D eigenvalue weighted by Gasteiger charge is 2.13. The van der Waals surface area contributed by atoms with Gasteiger partial charge in [-0.1, -0.05) is 24.3 Å². The molecule has 0 atom stereocenters. The number of carbonyl (C=O) groups is 1. The van der Waals surface area contributed by atoms with Gasteiger partial charge in [-0.05, 0) is 42.3 Å². The topological polar surface area (TPSA) is 68.8 Å². The lowest BCUT2D eigenvalue weighted by Crippen LogP contribution is -2.28. The predicted octanol–water partition coefficient (Wildman–Crippen LogP) is 2.26. The van der Waals surface area contributed by atoms with Crippen molar-refractivity contribution in [2.45, 2.75) is 19.4 Å². The maximum atomic E-state index is 12.0. The van der Waals surface area contributed by atoms with Crippen molar-refractivity contribution >= 4 is 5.91 Å². The first-order valence-electron chi connectivity index (χ1n) is 8.74. The molecule has 1 aliphatic rings. The van der Waals surface area contributed by atoms with Crippen LogP contribution in [0.2, 0.25) is 0 Å². The maximum Gasteiger partial charge on any atom is 0.231 e. The Labute approximate surface area is 153 Å². The summed E-state index contributed by atoms with van der Waals surface area (Å²) in [7, 11) is 1.68. The Bertz CT molecular complexity index is 748. The summed E-state index contributed by atoms with van der Waals surface area (Å²) in [5.74, 6) is 2.40. The van der Waals surface area contributed by atoms with Crippen LogP contribution in [0.25, 0.3) is 0 Å². The number of para-hydroxylation sites is 1. The molecule has 0 unspecified atom stereocenters. The van der Waals surface area contributed by atoms with Crippen molar-refractivity contribution in [3.8, 4) is 17.2 Å². The van der Waals surface area contributed by atoms with E-state index in [1.54, 1.807) is 7.11 Å². The van der Waals surface area contributed by atoms with Gasteiger partial charge in [0.2, 0.25) is 12.7 Å². The second-order valence-corrected chi connectivity index (χ2v) is 6.03. The molecule has 6 nitrogen and oxygen atoms in total. The summed E-state index contributed by atoms with van der Waals surface area (Å²) in [6, 6.07) is 13.7. The van der Waals surface area contributed by atoms with Crippen molar-refractivity contribution < 1.29 is 19.0 Å². The summed E-state index contributed by atoms with van der Waals surface area (Å²) < 4.78 is 15.9. The highest BCUT2D eigenvalue weighted by molar-refractivity contribution is 5.76.